The number of carbonyl (C=O) groups excluding carboxylic acids is 3. The fraction of sp³-hybridized carbons (Fsp3) is 0.462. The number of pyridine rings is 1. The average molecular weight is 466 g/mol. The first-order valence-corrected chi connectivity index (χ1v) is 11.9. The minimum atomic E-state index is -0.902. The highest BCUT2D eigenvalue weighted by Crippen LogP contribution is 2.38. The first-order chi connectivity index (χ1) is 16.3. The number of aromatic nitrogens is 1. The molecule has 182 valence electrons. The van der Waals surface area contributed by atoms with Gasteiger partial charge in [0.15, 0.2) is 0 Å². The number of nitrogens with zero attached hydrogens (tertiary/aromatic N) is 3. The molecule has 0 saturated heterocycles. The van der Waals surface area contributed by atoms with Crippen LogP contribution in [0.4, 0.5) is 4.79 Å². The van der Waals surface area contributed by atoms with Gasteiger partial charge in [-0.1, -0.05) is 43.2 Å². The maximum absolute atomic E-state index is 13.3. The van der Waals surface area contributed by atoms with Crippen LogP contribution in [0.5, 0.6) is 0 Å². The lowest BCUT2D eigenvalue weighted by Crippen LogP contribution is -2.42. The number of rotatable bonds is 8. The van der Waals surface area contributed by atoms with Crippen molar-refractivity contribution >= 4 is 17.8 Å². The lowest BCUT2D eigenvalue weighted by atomic mass is 9.74. The van der Waals surface area contributed by atoms with Crippen LogP contribution in [0.15, 0.2) is 48.8 Å². The minimum Gasteiger partial charge on any atom is -0.368 e. The lowest BCUT2D eigenvalue weighted by Gasteiger charge is -2.32. The van der Waals surface area contributed by atoms with Gasteiger partial charge in [0.1, 0.15) is 6.04 Å². The number of primary amides is 1. The highest BCUT2D eigenvalue weighted by Gasteiger charge is 2.34. The van der Waals surface area contributed by atoms with E-state index in [-0.39, 0.29) is 23.8 Å². The minimum absolute atomic E-state index is 0.0202. The molecule has 0 radical (unpaired) electrons. The van der Waals surface area contributed by atoms with E-state index in [0.29, 0.717) is 18.7 Å². The Morgan fingerprint density at radius 1 is 1.12 bits per heavy atom. The van der Waals surface area contributed by atoms with Gasteiger partial charge in [-0.2, -0.15) is 0 Å². The van der Waals surface area contributed by atoms with E-state index in [1.807, 2.05) is 19.1 Å². The highest BCUT2D eigenvalue weighted by atomic mass is 16.2. The van der Waals surface area contributed by atoms with Crippen LogP contribution in [0.3, 0.4) is 0 Å². The Bertz CT molecular complexity index is 978. The predicted molar refractivity (Wildman–Crippen MR) is 131 cm³/mol. The molecule has 34 heavy (non-hydrogen) atoms. The summed E-state index contributed by atoms with van der Waals surface area (Å²) in [5.74, 6) is -0.933. The molecular weight excluding hydrogens is 430 g/mol. The summed E-state index contributed by atoms with van der Waals surface area (Å²) in [6.45, 7) is 3.13. The van der Waals surface area contributed by atoms with E-state index in [2.05, 4.69) is 22.4 Å². The van der Waals surface area contributed by atoms with Gasteiger partial charge in [0.05, 0.1) is 0 Å². The number of benzene rings is 1. The Balaban J connectivity index is 1.73. The van der Waals surface area contributed by atoms with Gasteiger partial charge in [-0.15, -0.1) is 0 Å². The van der Waals surface area contributed by atoms with Gasteiger partial charge < -0.3 is 20.9 Å². The molecule has 1 heterocycles. The fourth-order valence-electron chi connectivity index (χ4n) is 4.65. The first-order valence-electron chi connectivity index (χ1n) is 11.9. The quantitative estimate of drug-likeness (QED) is 0.624. The van der Waals surface area contributed by atoms with E-state index < -0.39 is 11.9 Å². The molecule has 0 aliphatic heterocycles. The third-order valence-electron chi connectivity index (χ3n) is 6.51. The molecular formula is C26H35N5O3. The second kappa shape index (κ2) is 11.6. The van der Waals surface area contributed by atoms with Crippen LogP contribution in [-0.4, -0.2) is 53.3 Å². The Morgan fingerprint density at radius 3 is 2.41 bits per heavy atom. The molecule has 1 aromatic heterocycles. The fourth-order valence-corrected chi connectivity index (χ4v) is 4.65. The van der Waals surface area contributed by atoms with Crippen molar-refractivity contribution in [3.05, 3.63) is 65.5 Å². The summed E-state index contributed by atoms with van der Waals surface area (Å²) >= 11 is 0. The topological polar surface area (TPSA) is 109 Å². The Morgan fingerprint density at radius 2 is 1.82 bits per heavy atom. The predicted octanol–water partition coefficient (Wildman–Crippen LogP) is 3.20. The van der Waals surface area contributed by atoms with Gasteiger partial charge in [-0.3, -0.25) is 14.6 Å². The molecule has 3 atom stereocenters. The molecule has 3 N–H and O–H groups in total. The molecule has 0 unspecified atom stereocenters. The van der Waals surface area contributed by atoms with Crippen LogP contribution < -0.4 is 11.1 Å². The summed E-state index contributed by atoms with van der Waals surface area (Å²) < 4.78 is 0. The van der Waals surface area contributed by atoms with Crippen LogP contribution in [0, 0.1) is 5.92 Å². The van der Waals surface area contributed by atoms with Crippen molar-refractivity contribution in [2.75, 3.05) is 20.6 Å². The van der Waals surface area contributed by atoms with Crippen molar-refractivity contribution in [2.45, 2.75) is 51.1 Å². The summed E-state index contributed by atoms with van der Waals surface area (Å²) in [5.41, 5.74) is 8.31. The zero-order chi connectivity index (χ0) is 24.7. The number of nitrogens with two attached hydrogens (primary N) is 1. The van der Waals surface area contributed by atoms with Crippen LogP contribution >= 0.6 is 0 Å². The summed E-state index contributed by atoms with van der Waals surface area (Å²) in [5, 5.41) is 2.87. The largest absolute Gasteiger partial charge is 0.368 e. The Kier molecular flexibility index (Phi) is 8.62. The second-order valence-electron chi connectivity index (χ2n) is 9.06. The van der Waals surface area contributed by atoms with Crippen molar-refractivity contribution in [2.24, 2.45) is 11.7 Å². The second-order valence-corrected chi connectivity index (χ2v) is 9.06. The molecule has 1 saturated carbocycles. The maximum Gasteiger partial charge on any atom is 0.319 e. The zero-order valence-corrected chi connectivity index (χ0v) is 20.2. The normalized spacial score (nSPS) is 18.6. The van der Waals surface area contributed by atoms with Crippen molar-refractivity contribution < 1.29 is 14.4 Å². The van der Waals surface area contributed by atoms with Gasteiger partial charge in [-0.05, 0) is 42.9 Å². The van der Waals surface area contributed by atoms with Gasteiger partial charge in [-0.25, -0.2) is 4.79 Å². The molecule has 1 fully saturated rings. The molecule has 3 rings (SSSR count). The molecule has 1 aliphatic carbocycles. The van der Waals surface area contributed by atoms with E-state index in [9.17, 15) is 14.4 Å². The molecule has 0 bridgehead atoms. The summed E-state index contributed by atoms with van der Waals surface area (Å²) in [7, 11) is 3.50. The van der Waals surface area contributed by atoms with E-state index >= 15 is 0 Å². The third kappa shape index (κ3) is 6.12. The van der Waals surface area contributed by atoms with Crippen molar-refractivity contribution in [3.8, 4) is 0 Å². The number of nitrogens with one attached hydrogen (secondary N) is 1. The first kappa shape index (κ1) is 25.2. The van der Waals surface area contributed by atoms with E-state index in [1.54, 1.807) is 48.4 Å². The summed E-state index contributed by atoms with van der Waals surface area (Å²) in [4.78, 5) is 45.1. The van der Waals surface area contributed by atoms with Gasteiger partial charge >= 0.3 is 6.03 Å². The van der Waals surface area contributed by atoms with Crippen LogP contribution in [0.1, 0.15) is 61.3 Å². The average Bonchev–Trinajstić information content (AvgIpc) is 2.86. The molecule has 1 aliphatic rings. The zero-order valence-electron chi connectivity index (χ0n) is 20.2. The molecule has 0 spiro atoms. The summed E-state index contributed by atoms with van der Waals surface area (Å²) in [6.07, 6.45) is 6.86. The molecule has 4 amide bonds. The number of hydrogen-bond donors (Lipinski definition) is 2. The highest BCUT2D eigenvalue weighted by molar-refractivity contribution is 5.88. The SMILES string of the molecule is CCN(Cc1ccc([C@@H]2CCCC[C@H]2C(=O)N[C@H](C(N)=O)c2cccnc2)cc1)C(=O)N(C)C. The molecule has 1 aromatic carbocycles. The van der Waals surface area contributed by atoms with Crippen LogP contribution in [0.2, 0.25) is 0 Å². The van der Waals surface area contributed by atoms with Crippen molar-refractivity contribution in [3.63, 3.8) is 0 Å². The van der Waals surface area contributed by atoms with Gasteiger partial charge in [0.25, 0.3) is 0 Å². The Hall–Kier alpha value is -3.42. The Labute approximate surface area is 201 Å². The number of carbonyl (C=O) groups is 3. The standard InChI is InChI=1S/C26H35N5O3/c1-4-31(26(34)30(2)3)17-18-11-13-19(14-12-18)21-9-5-6-10-22(21)25(33)29-23(24(27)32)20-8-7-15-28-16-20/h7-8,11-16,21-23H,4-6,9-10,17H2,1-3H3,(H2,27,32)(H,29,33)/t21-,22+,23-/m0/s1. The number of urea groups is 1. The van der Waals surface area contributed by atoms with Crippen molar-refractivity contribution in [1.29, 1.82) is 0 Å². The lowest BCUT2D eigenvalue weighted by molar-refractivity contribution is -0.131. The molecule has 2 aromatic rings. The maximum atomic E-state index is 13.3. The molecule has 8 nitrogen and oxygen atoms in total. The van der Waals surface area contributed by atoms with E-state index in [4.69, 9.17) is 5.73 Å². The number of hydrogen-bond acceptors (Lipinski definition) is 4. The smallest absolute Gasteiger partial charge is 0.319 e. The summed E-state index contributed by atoms with van der Waals surface area (Å²) in [6, 6.07) is 10.7. The molecule has 8 heteroatoms. The third-order valence-corrected chi connectivity index (χ3v) is 6.51. The van der Waals surface area contributed by atoms with Gasteiger partial charge in [0.2, 0.25) is 11.8 Å². The van der Waals surface area contributed by atoms with E-state index in [0.717, 1.165) is 36.8 Å². The van der Waals surface area contributed by atoms with Crippen LogP contribution in [-0.2, 0) is 16.1 Å². The van der Waals surface area contributed by atoms with E-state index in [1.165, 1.54) is 0 Å². The number of amides is 4. The van der Waals surface area contributed by atoms with Crippen LogP contribution in [0.25, 0.3) is 0 Å². The monoisotopic (exact) mass is 465 g/mol. The van der Waals surface area contributed by atoms with Crippen molar-refractivity contribution in [1.82, 2.24) is 20.1 Å². The van der Waals surface area contributed by atoms with Gasteiger partial charge in [0, 0.05) is 51.1 Å².